The molecule has 0 bridgehead atoms. The molecule has 1 atom stereocenters. The van der Waals surface area contributed by atoms with Crippen LogP contribution in [0.5, 0.6) is 0 Å². The van der Waals surface area contributed by atoms with Gasteiger partial charge in [0.25, 0.3) is 0 Å². The van der Waals surface area contributed by atoms with Crippen molar-refractivity contribution >= 4 is 30.7 Å². The Morgan fingerprint density at radius 1 is 1.71 bits per heavy atom. The molecule has 1 aliphatic heterocycles. The molecule has 0 radical (unpaired) electrons. The molecule has 0 N–H and O–H groups in total. The van der Waals surface area contributed by atoms with E-state index in [1.165, 1.54) is 12.2 Å². The van der Waals surface area contributed by atoms with E-state index in [1.54, 1.807) is 10.8 Å². The molecule has 1 unspecified atom stereocenters. The van der Waals surface area contributed by atoms with Crippen LogP contribution < -0.4 is 0 Å². The first kappa shape index (κ1) is 6.01. The quantitative estimate of drug-likeness (QED) is 0.483. The highest BCUT2D eigenvalue weighted by Gasteiger charge is 2.02. The SMILES string of the molecule is S=S1OCCCS1. The molecule has 0 aliphatic carbocycles. The Hall–Kier alpha value is 0.880. The van der Waals surface area contributed by atoms with Crippen molar-refractivity contribution in [1.82, 2.24) is 0 Å². The molecular formula is C3H6OS3. The fraction of sp³-hybridized carbons (Fsp3) is 1.00. The van der Waals surface area contributed by atoms with Crippen LogP contribution in [0.1, 0.15) is 6.42 Å². The molecule has 0 aromatic heterocycles. The molecule has 42 valence electrons. The zero-order valence-corrected chi connectivity index (χ0v) is 6.20. The van der Waals surface area contributed by atoms with Crippen LogP contribution in [0, 0.1) is 0 Å². The predicted molar refractivity (Wildman–Crippen MR) is 37.8 cm³/mol. The lowest BCUT2D eigenvalue weighted by Gasteiger charge is -2.09. The summed E-state index contributed by atoms with van der Waals surface area (Å²) < 4.78 is 5.08. The summed E-state index contributed by atoms with van der Waals surface area (Å²) in [7, 11) is 1.55. The molecule has 0 amide bonds. The molecule has 1 heterocycles. The molecule has 1 nitrogen and oxygen atoms in total. The second-order valence-corrected chi connectivity index (χ2v) is 5.65. The summed E-state index contributed by atoms with van der Waals surface area (Å²) in [5, 5.41) is 0. The van der Waals surface area contributed by atoms with Gasteiger partial charge in [0.05, 0.1) is 15.4 Å². The lowest BCUT2D eigenvalue weighted by Crippen LogP contribution is -2.02. The minimum absolute atomic E-state index is 0.190. The number of rotatable bonds is 0. The average molecular weight is 154 g/mol. The minimum atomic E-state index is -0.190. The molecule has 7 heavy (non-hydrogen) atoms. The van der Waals surface area contributed by atoms with Gasteiger partial charge in [0.1, 0.15) is 0 Å². The summed E-state index contributed by atoms with van der Waals surface area (Å²) in [5.74, 6) is 1.19. The highest BCUT2D eigenvalue weighted by molar-refractivity contribution is 8.81. The summed E-state index contributed by atoms with van der Waals surface area (Å²) in [4.78, 5) is 0. The summed E-state index contributed by atoms with van der Waals surface area (Å²) in [6.07, 6.45) is 1.17. The van der Waals surface area contributed by atoms with Crippen molar-refractivity contribution in [3.63, 3.8) is 0 Å². The first-order valence-electron chi connectivity index (χ1n) is 2.08. The van der Waals surface area contributed by atoms with Gasteiger partial charge in [0, 0.05) is 5.75 Å². The van der Waals surface area contributed by atoms with Crippen molar-refractivity contribution in [1.29, 1.82) is 0 Å². The standard InChI is InChI=1S/C3H6OS3/c5-7-4-2-1-3-6-7/h1-3H2. The lowest BCUT2D eigenvalue weighted by molar-refractivity contribution is 0.372. The molecule has 1 fully saturated rings. The monoisotopic (exact) mass is 154 g/mol. The highest BCUT2D eigenvalue weighted by Crippen LogP contribution is 2.16. The van der Waals surface area contributed by atoms with Gasteiger partial charge in [-0.15, -0.1) is 0 Å². The molecule has 0 aromatic rings. The summed E-state index contributed by atoms with van der Waals surface area (Å²) in [6.45, 7) is 0.875. The van der Waals surface area contributed by atoms with E-state index in [9.17, 15) is 0 Å². The van der Waals surface area contributed by atoms with E-state index in [-0.39, 0.29) is 8.77 Å². The largest absolute Gasteiger partial charge is 0.303 e. The molecule has 1 aliphatic rings. The molecule has 0 aromatic carbocycles. The summed E-state index contributed by atoms with van der Waals surface area (Å²) in [5.41, 5.74) is 0. The molecule has 0 saturated carbocycles. The summed E-state index contributed by atoms with van der Waals surface area (Å²) >= 11 is 4.86. The van der Waals surface area contributed by atoms with Crippen LogP contribution in [0.15, 0.2) is 0 Å². The zero-order chi connectivity index (χ0) is 5.11. The van der Waals surface area contributed by atoms with E-state index < -0.39 is 0 Å². The van der Waals surface area contributed by atoms with E-state index in [2.05, 4.69) is 0 Å². The van der Waals surface area contributed by atoms with Gasteiger partial charge in [0.2, 0.25) is 0 Å². The van der Waals surface area contributed by atoms with Crippen LogP contribution in [-0.2, 0) is 24.1 Å². The second kappa shape index (κ2) is 3.02. The fourth-order valence-electron chi connectivity index (χ4n) is 0.347. The van der Waals surface area contributed by atoms with Crippen molar-refractivity contribution in [2.75, 3.05) is 12.4 Å². The maximum absolute atomic E-state index is 5.08. The van der Waals surface area contributed by atoms with Gasteiger partial charge < -0.3 is 4.18 Å². The van der Waals surface area contributed by atoms with Crippen molar-refractivity contribution < 1.29 is 4.18 Å². The first-order valence-corrected chi connectivity index (χ1v) is 5.65. The minimum Gasteiger partial charge on any atom is -0.303 e. The van der Waals surface area contributed by atoms with Crippen molar-refractivity contribution in [3.05, 3.63) is 0 Å². The third-order valence-electron chi connectivity index (χ3n) is 0.648. The van der Waals surface area contributed by atoms with E-state index >= 15 is 0 Å². The van der Waals surface area contributed by atoms with Gasteiger partial charge in [0.15, 0.2) is 0 Å². The maximum atomic E-state index is 5.08. The molecule has 0 spiro atoms. The smallest absolute Gasteiger partial charge is 0.0683 e. The molecule has 4 heteroatoms. The molecule has 1 rings (SSSR count). The first-order chi connectivity index (χ1) is 3.39. The van der Waals surface area contributed by atoms with Crippen molar-refractivity contribution in [3.8, 4) is 0 Å². The zero-order valence-electron chi connectivity index (χ0n) is 3.75. The number of hydrogen-bond acceptors (Lipinski definition) is 3. The van der Waals surface area contributed by atoms with Crippen LogP contribution in [0.2, 0.25) is 0 Å². The molecule has 1 saturated heterocycles. The van der Waals surface area contributed by atoms with Crippen LogP contribution in [0.4, 0.5) is 0 Å². The third-order valence-corrected chi connectivity index (χ3v) is 4.18. The van der Waals surface area contributed by atoms with Gasteiger partial charge in [-0.05, 0) is 17.6 Å². The lowest BCUT2D eigenvalue weighted by atomic mass is 10.5. The third kappa shape index (κ3) is 2.08. The van der Waals surface area contributed by atoms with Gasteiger partial charge in [-0.2, -0.15) is 0 Å². The fourth-order valence-corrected chi connectivity index (χ4v) is 3.03. The van der Waals surface area contributed by atoms with E-state index in [1.807, 2.05) is 0 Å². The Balaban J connectivity index is 2.25. The van der Waals surface area contributed by atoms with Gasteiger partial charge in [-0.1, -0.05) is 10.8 Å². The van der Waals surface area contributed by atoms with Gasteiger partial charge >= 0.3 is 0 Å². The van der Waals surface area contributed by atoms with Crippen LogP contribution >= 0.6 is 10.8 Å². The van der Waals surface area contributed by atoms with E-state index in [0.29, 0.717) is 0 Å². The van der Waals surface area contributed by atoms with Crippen molar-refractivity contribution in [2.45, 2.75) is 6.42 Å². The van der Waals surface area contributed by atoms with E-state index in [4.69, 9.17) is 15.4 Å². The molecular weight excluding hydrogens is 148 g/mol. The Bertz CT molecular complexity index is 74.2. The van der Waals surface area contributed by atoms with Crippen molar-refractivity contribution in [2.24, 2.45) is 0 Å². The van der Waals surface area contributed by atoms with Gasteiger partial charge in [-0.25, -0.2) is 0 Å². The van der Waals surface area contributed by atoms with E-state index in [0.717, 1.165) is 6.61 Å². The van der Waals surface area contributed by atoms with Crippen LogP contribution in [0.25, 0.3) is 0 Å². The second-order valence-electron chi connectivity index (χ2n) is 1.20. The Kier molecular flexibility index (Phi) is 2.59. The normalized spacial score (nSPS) is 32.9. The highest BCUT2D eigenvalue weighted by atomic mass is 33.3. The topological polar surface area (TPSA) is 9.23 Å². The Morgan fingerprint density at radius 2 is 2.57 bits per heavy atom. The van der Waals surface area contributed by atoms with Crippen LogP contribution in [0.3, 0.4) is 0 Å². The summed E-state index contributed by atoms with van der Waals surface area (Å²) in [6, 6.07) is 0. The van der Waals surface area contributed by atoms with Crippen LogP contribution in [-0.4, -0.2) is 12.4 Å². The van der Waals surface area contributed by atoms with Gasteiger partial charge in [-0.3, -0.25) is 0 Å². The Morgan fingerprint density at radius 3 is 2.86 bits per heavy atom. The Labute approximate surface area is 54.0 Å². The number of hydrogen-bond donors (Lipinski definition) is 0. The maximum Gasteiger partial charge on any atom is 0.0683 e. The predicted octanol–water partition coefficient (Wildman–Crippen LogP) is 1.05. The average Bonchev–Trinajstić information content (AvgIpc) is 1.69.